The van der Waals surface area contributed by atoms with Crippen LogP contribution in [0.5, 0.6) is 0 Å². The van der Waals surface area contributed by atoms with Crippen molar-refractivity contribution in [2.75, 3.05) is 6.54 Å². The molecule has 38 valence electrons. The smallest absolute Gasteiger partial charge is 0.0765 e. The summed E-state index contributed by atoms with van der Waals surface area (Å²) in [6.07, 6.45) is 0.750. The molecule has 0 bridgehead atoms. The molecule has 5 N–H and O–H groups in total. The fourth-order valence-electron chi connectivity index (χ4n) is 0. The van der Waals surface area contributed by atoms with Gasteiger partial charge in [0.1, 0.15) is 0 Å². The van der Waals surface area contributed by atoms with Crippen LogP contribution in [-0.2, 0) is 0 Å². The lowest BCUT2D eigenvalue weighted by atomic mass is 10.8. The van der Waals surface area contributed by atoms with E-state index in [0.29, 0.717) is 0 Å². The van der Waals surface area contributed by atoms with Crippen LogP contribution in [0.15, 0.2) is 0 Å². The minimum Gasteiger partial charge on any atom is -0.390 e. The van der Waals surface area contributed by atoms with E-state index < -0.39 is 0 Å². The minimum absolute atomic E-state index is 0.750. The predicted molar refractivity (Wildman–Crippen MR) is 27.7 cm³/mol. The Morgan fingerprint density at radius 3 is 1.83 bits per heavy atom. The van der Waals surface area contributed by atoms with E-state index in [-0.39, 0.29) is 0 Å². The quantitative estimate of drug-likeness (QED) is 0.277. The monoisotopic (exact) mass is 89.1 g/mol. The lowest BCUT2D eigenvalue weighted by Gasteiger charge is -1.53. The number of nitrogens with two attached hydrogens (primary N) is 2. The molecule has 0 amide bonds. The topological polar surface area (TPSA) is 75.9 Å². The second-order valence-corrected chi connectivity index (χ2v) is 0.575. The second-order valence-electron chi connectivity index (χ2n) is 0.575. The largest absolute Gasteiger partial charge is 0.390 e. The Morgan fingerprint density at radius 2 is 1.83 bits per heavy atom. The Hall–Kier alpha value is -0.570. The zero-order valence-electron chi connectivity index (χ0n) is 3.94. The third-order valence-corrected chi connectivity index (χ3v) is 0. The molecule has 0 unspecified atom stereocenters. The van der Waals surface area contributed by atoms with Crippen LogP contribution in [0.3, 0.4) is 0 Å². The fourth-order valence-corrected chi connectivity index (χ4v) is 0. The van der Waals surface area contributed by atoms with Crippen LogP contribution in [0.2, 0.25) is 0 Å². The Labute approximate surface area is 37.8 Å². The second kappa shape index (κ2) is 25.5. The molecule has 0 spiro atoms. The minimum atomic E-state index is 0.750. The molecular weight excluding hydrogens is 78.1 g/mol. The summed E-state index contributed by atoms with van der Waals surface area (Å²) in [7, 11) is 0. The first kappa shape index (κ1) is 9.06. The van der Waals surface area contributed by atoms with Crippen molar-refractivity contribution in [3.8, 4) is 0 Å². The van der Waals surface area contributed by atoms with E-state index in [1.54, 1.807) is 0 Å². The zero-order chi connectivity index (χ0) is 5.41. The van der Waals surface area contributed by atoms with Crippen LogP contribution in [0.4, 0.5) is 0 Å². The SMILES string of the molecule is CCN.N=CN. The molecule has 0 atom stereocenters. The first-order valence-electron chi connectivity index (χ1n) is 1.74. The first-order valence-corrected chi connectivity index (χ1v) is 1.74. The van der Waals surface area contributed by atoms with E-state index in [0.717, 1.165) is 12.9 Å². The highest BCUT2D eigenvalue weighted by atomic mass is 14.6. The maximum Gasteiger partial charge on any atom is 0.0765 e. The molecule has 0 aliphatic carbocycles. The molecule has 0 aliphatic rings. The van der Waals surface area contributed by atoms with E-state index >= 15 is 0 Å². The number of rotatable bonds is 0. The highest BCUT2D eigenvalue weighted by Crippen LogP contribution is 1.20. The van der Waals surface area contributed by atoms with Crippen molar-refractivity contribution >= 4 is 6.34 Å². The van der Waals surface area contributed by atoms with Crippen molar-refractivity contribution in [3.05, 3.63) is 0 Å². The maximum atomic E-state index is 5.86. The molecule has 0 heterocycles. The molecule has 0 aromatic rings. The van der Waals surface area contributed by atoms with Gasteiger partial charge in [-0.15, -0.1) is 0 Å². The van der Waals surface area contributed by atoms with Crippen LogP contribution in [-0.4, -0.2) is 12.9 Å². The van der Waals surface area contributed by atoms with Gasteiger partial charge >= 0.3 is 0 Å². The zero-order valence-corrected chi connectivity index (χ0v) is 3.94. The molecule has 0 rings (SSSR count). The highest BCUT2D eigenvalue weighted by Gasteiger charge is 1.32. The van der Waals surface area contributed by atoms with Gasteiger partial charge in [0.25, 0.3) is 0 Å². The number of hydrogen-bond donors (Lipinski definition) is 3. The number of hydrogen-bond acceptors (Lipinski definition) is 2. The van der Waals surface area contributed by atoms with Crippen molar-refractivity contribution in [2.45, 2.75) is 6.92 Å². The van der Waals surface area contributed by atoms with Gasteiger partial charge in [0.05, 0.1) is 6.34 Å². The maximum absolute atomic E-state index is 5.86. The average Bonchev–Trinajstić information content (AvgIpc) is 1.39. The summed E-state index contributed by atoms with van der Waals surface area (Å²) in [6, 6.07) is 0. The molecular formula is C3H11N3. The van der Waals surface area contributed by atoms with Crippen LogP contribution >= 0.6 is 0 Å². The normalized spacial score (nSPS) is 5.00. The van der Waals surface area contributed by atoms with Crippen molar-refractivity contribution in [3.63, 3.8) is 0 Å². The van der Waals surface area contributed by atoms with Crippen LogP contribution in [0, 0.1) is 5.41 Å². The molecule has 0 saturated carbocycles. The van der Waals surface area contributed by atoms with Crippen molar-refractivity contribution < 1.29 is 0 Å². The van der Waals surface area contributed by atoms with E-state index in [2.05, 4.69) is 5.73 Å². The summed E-state index contributed by atoms with van der Waals surface area (Å²) in [5, 5.41) is 5.86. The van der Waals surface area contributed by atoms with Crippen molar-refractivity contribution in [1.82, 2.24) is 0 Å². The molecule has 0 aromatic heterocycles. The Kier molecular flexibility index (Phi) is 38.5. The summed E-state index contributed by atoms with van der Waals surface area (Å²) in [6.45, 7) is 2.65. The summed E-state index contributed by atoms with van der Waals surface area (Å²) in [4.78, 5) is 0. The third kappa shape index (κ3) is 62.3. The van der Waals surface area contributed by atoms with Crippen LogP contribution in [0.1, 0.15) is 6.92 Å². The summed E-state index contributed by atoms with van der Waals surface area (Å²) in [5.74, 6) is 0. The summed E-state index contributed by atoms with van der Waals surface area (Å²) >= 11 is 0. The van der Waals surface area contributed by atoms with Gasteiger partial charge < -0.3 is 11.5 Å². The molecule has 3 heteroatoms. The standard InChI is InChI=1S/C2H7N.CH4N2/c1-2-3;2-1-3/h2-3H2,1H3;1H,(H3,2,3). The molecule has 3 nitrogen and oxygen atoms in total. The van der Waals surface area contributed by atoms with Gasteiger partial charge in [-0.1, -0.05) is 6.92 Å². The van der Waals surface area contributed by atoms with Gasteiger partial charge in [-0.05, 0) is 6.54 Å². The molecule has 0 radical (unpaired) electrons. The third-order valence-electron chi connectivity index (χ3n) is 0. The summed E-state index contributed by atoms with van der Waals surface area (Å²) in [5.41, 5.74) is 9.24. The lowest BCUT2D eigenvalue weighted by molar-refractivity contribution is 1.14. The highest BCUT2D eigenvalue weighted by molar-refractivity contribution is 5.46. The summed E-state index contributed by atoms with van der Waals surface area (Å²) < 4.78 is 0. The first-order chi connectivity index (χ1) is 2.83. The van der Waals surface area contributed by atoms with Gasteiger partial charge in [0.15, 0.2) is 0 Å². The molecule has 0 aromatic carbocycles. The van der Waals surface area contributed by atoms with E-state index in [1.807, 2.05) is 6.92 Å². The molecule has 0 aliphatic heterocycles. The molecule has 0 saturated heterocycles. The van der Waals surface area contributed by atoms with Gasteiger partial charge in [0.2, 0.25) is 0 Å². The van der Waals surface area contributed by atoms with Gasteiger partial charge in [-0.3, -0.25) is 5.41 Å². The Morgan fingerprint density at radius 1 is 1.83 bits per heavy atom. The van der Waals surface area contributed by atoms with Gasteiger partial charge in [0, 0.05) is 0 Å². The van der Waals surface area contributed by atoms with Crippen molar-refractivity contribution in [1.29, 1.82) is 5.41 Å². The average molecular weight is 89.1 g/mol. The van der Waals surface area contributed by atoms with E-state index in [1.165, 1.54) is 0 Å². The molecule has 6 heavy (non-hydrogen) atoms. The fraction of sp³-hybridized carbons (Fsp3) is 0.667. The van der Waals surface area contributed by atoms with Crippen LogP contribution < -0.4 is 11.5 Å². The Bertz CT molecular complexity index is 20.0. The molecule has 0 fully saturated rings. The van der Waals surface area contributed by atoms with Gasteiger partial charge in [-0.2, -0.15) is 0 Å². The van der Waals surface area contributed by atoms with Gasteiger partial charge in [-0.25, -0.2) is 0 Å². The predicted octanol–water partition coefficient (Wildman–Crippen LogP) is -0.483. The van der Waals surface area contributed by atoms with E-state index in [4.69, 9.17) is 11.1 Å². The van der Waals surface area contributed by atoms with Crippen molar-refractivity contribution in [2.24, 2.45) is 11.5 Å². The van der Waals surface area contributed by atoms with Crippen LogP contribution in [0.25, 0.3) is 0 Å². The number of nitrogens with one attached hydrogen (secondary N) is 1. The Balaban J connectivity index is 0. The lowest BCUT2D eigenvalue weighted by Crippen LogP contribution is -1.87. The van der Waals surface area contributed by atoms with E-state index in [9.17, 15) is 0 Å².